The lowest BCUT2D eigenvalue weighted by Gasteiger charge is -2.35. The van der Waals surface area contributed by atoms with Crippen LogP contribution in [0.15, 0.2) is 57.9 Å². The zero-order chi connectivity index (χ0) is 22.4. The van der Waals surface area contributed by atoms with Crippen LogP contribution in [0.4, 0.5) is 27.7 Å². The molecule has 168 valence electrons. The number of aryl methyl sites for hydroxylation is 1. The van der Waals surface area contributed by atoms with E-state index in [1.807, 2.05) is 24.3 Å². The van der Waals surface area contributed by atoms with Crippen molar-refractivity contribution in [3.05, 3.63) is 60.0 Å². The van der Waals surface area contributed by atoms with E-state index >= 15 is 0 Å². The summed E-state index contributed by atoms with van der Waals surface area (Å²) in [5, 5.41) is 8.43. The van der Waals surface area contributed by atoms with Crippen molar-refractivity contribution in [3.63, 3.8) is 0 Å². The molecule has 1 N–H and O–H groups in total. The molecule has 8 nitrogen and oxygen atoms in total. The van der Waals surface area contributed by atoms with Crippen molar-refractivity contribution in [1.82, 2.24) is 15.1 Å². The molecule has 0 bridgehead atoms. The molecule has 10 heteroatoms. The molecule has 33 heavy (non-hydrogen) atoms. The molecular weight excluding hydrogens is 443 g/mol. The Hall–Kier alpha value is -3.53. The van der Waals surface area contributed by atoms with Crippen molar-refractivity contribution in [2.24, 2.45) is 0 Å². The number of benzene rings is 2. The highest BCUT2D eigenvalue weighted by atomic mass is 32.2. The van der Waals surface area contributed by atoms with Crippen molar-refractivity contribution in [1.29, 1.82) is 0 Å². The molecule has 4 aromatic rings. The van der Waals surface area contributed by atoms with Gasteiger partial charge in [-0.25, -0.2) is 9.37 Å². The van der Waals surface area contributed by atoms with Crippen molar-refractivity contribution < 1.29 is 13.1 Å². The van der Waals surface area contributed by atoms with Gasteiger partial charge in [0.2, 0.25) is 5.95 Å². The Morgan fingerprint density at radius 3 is 2.67 bits per heavy atom. The first-order valence-electron chi connectivity index (χ1n) is 10.8. The van der Waals surface area contributed by atoms with Gasteiger partial charge in [-0.05, 0) is 30.3 Å². The van der Waals surface area contributed by atoms with E-state index < -0.39 is 10.8 Å². The van der Waals surface area contributed by atoms with Crippen LogP contribution in [-0.4, -0.2) is 51.3 Å². The highest BCUT2D eigenvalue weighted by Gasteiger charge is 2.29. The predicted octanol–water partition coefficient (Wildman–Crippen LogP) is 3.49. The maximum atomic E-state index is 13.7. The SMILES string of the molecule is O=S1CCc2nc(N3CCN(c4noc5ccccc45)CC3)nc(Nc3cccc(F)c3)c21. The molecule has 4 heterocycles. The largest absolute Gasteiger partial charge is 0.354 e. The number of para-hydroxylation sites is 1. The van der Waals surface area contributed by atoms with Gasteiger partial charge in [0.25, 0.3) is 0 Å². The third kappa shape index (κ3) is 3.70. The van der Waals surface area contributed by atoms with Gasteiger partial charge in [0.05, 0.1) is 21.9 Å². The fourth-order valence-electron chi connectivity index (χ4n) is 4.33. The number of rotatable bonds is 4. The highest BCUT2D eigenvalue weighted by Crippen LogP contribution is 2.33. The maximum Gasteiger partial charge on any atom is 0.227 e. The molecule has 0 aliphatic carbocycles. The topological polar surface area (TPSA) is 87.4 Å². The van der Waals surface area contributed by atoms with Crippen LogP contribution in [0.3, 0.4) is 0 Å². The summed E-state index contributed by atoms with van der Waals surface area (Å²) in [5.41, 5.74) is 2.13. The number of aromatic nitrogens is 3. The Balaban J connectivity index is 1.26. The number of anilines is 4. The van der Waals surface area contributed by atoms with E-state index in [1.165, 1.54) is 12.1 Å². The molecule has 2 aromatic heterocycles. The van der Waals surface area contributed by atoms with Crippen molar-refractivity contribution in [2.75, 3.05) is 47.0 Å². The van der Waals surface area contributed by atoms with Gasteiger partial charge in [0.15, 0.2) is 17.2 Å². The molecule has 1 saturated heterocycles. The molecule has 0 amide bonds. The number of hydrogen-bond acceptors (Lipinski definition) is 8. The van der Waals surface area contributed by atoms with Gasteiger partial charge < -0.3 is 19.6 Å². The minimum absolute atomic E-state index is 0.344. The summed E-state index contributed by atoms with van der Waals surface area (Å²) in [6, 6.07) is 14.0. The van der Waals surface area contributed by atoms with Gasteiger partial charge in [0.1, 0.15) is 10.7 Å². The van der Waals surface area contributed by atoms with Crippen LogP contribution in [0.5, 0.6) is 0 Å². The molecular formula is C23H21FN6O2S. The zero-order valence-electron chi connectivity index (χ0n) is 17.7. The first-order valence-corrected chi connectivity index (χ1v) is 12.1. The summed E-state index contributed by atoms with van der Waals surface area (Å²) in [4.78, 5) is 14.4. The fraction of sp³-hybridized carbons (Fsp3) is 0.261. The van der Waals surface area contributed by atoms with Gasteiger partial charge in [-0.1, -0.05) is 23.4 Å². The number of hydrogen-bond donors (Lipinski definition) is 1. The first-order chi connectivity index (χ1) is 16.2. The average Bonchev–Trinajstić information content (AvgIpc) is 3.43. The molecule has 6 rings (SSSR count). The average molecular weight is 465 g/mol. The number of halogens is 1. The standard InChI is InChI=1S/C23H21FN6O2S/c24-15-4-3-5-16(14-15)25-21-20-18(8-13-33(20)31)26-23(27-21)30-11-9-29(10-12-30)22-17-6-1-2-7-19(17)32-28-22/h1-7,14H,8-13H2,(H,25,26,27). The van der Waals surface area contributed by atoms with E-state index in [0.29, 0.717) is 47.6 Å². The second kappa shape index (κ2) is 8.11. The van der Waals surface area contributed by atoms with Crippen LogP contribution >= 0.6 is 0 Å². The lowest BCUT2D eigenvalue weighted by atomic mass is 10.2. The Morgan fingerprint density at radius 2 is 1.82 bits per heavy atom. The molecule has 0 radical (unpaired) electrons. The number of nitrogens with one attached hydrogen (secondary N) is 1. The van der Waals surface area contributed by atoms with E-state index in [2.05, 4.69) is 20.3 Å². The summed E-state index contributed by atoms with van der Waals surface area (Å²) < 4.78 is 31.7. The lowest BCUT2D eigenvalue weighted by Crippen LogP contribution is -2.47. The normalized spacial score (nSPS) is 18.0. The quantitative estimate of drug-likeness (QED) is 0.491. The number of piperazine rings is 1. The van der Waals surface area contributed by atoms with E-state index in [4.69, 9.17) is 14.5 Å². The molecule has 1 fully saturated rings. The lowest BCUT2D eigenvalue weighted by molar-refractivity contribution is 0.452. The minimum Gasteiger partial charge on any atom is -0.354 e. The zero-order valence-corrected chi connectivity index (χ0v) is 18.5. The van der Waals surface area contributed by atoms with Crippen LogP contribution in [0.1, 0.15) is 5.69 Å². The maximum absolute atomic E-state index is 13.7. The molecule has 0 saturated carbocycles. The van der Waals surface area contributed by atoms with Crippen molar-refractivity contribution in [2.45, 2.75) is 11.3 Å². The van der Waals surface area contributed by atoms with Crippen molar-refractivity contribution in [3.8, 4) is 0 Å². The summed E-state index contributed by atoms with van der Waals surface area (Å²) in [6.45, 7) is 2.91. The summed E-state index contributed by atoms with van der Waals surface area (Å²) in [7, 11) is -1.17. The third-order valence-corrected chi connectivity index (χ3v) is 7.44. The summed E-state index contributed by atoms with van der Waals surface area (Å²) in [6.07, 6.45) is 0.639. The summed E-state index contributed by atoms with van der Waals surface area (Å²) >= 11 is 0. The second-order valence-electron chi connectivity index (χ2n) is 8.06. The van der Waals surface area contributed by atoms with Crippen LogP contribution in [0, 0.1) is 5.82 Å². The van der Waals surface area contributed by atoms with E-state index in [9.17, 15) is 8.60 Å². The molecule has 1 unspecified atom stereocenters. The van der Waals surface area contributed by atoms with Gasteiger partial charge in [-0.2, -0.15) is 4.98 Å². The van der Waals surface area contributed by atoms with Gasteiger partial charge >= 0.3 is 0 Å². The Bertz CT molecular complexity index is 1370. The van der Waals surface area contributed by atoms with Gasteiger partial charge in [-0.15, -0.1) is 0 Å². The smallest absolute Gasteiger partial charge is 0.227 e. The van der Waals surface area contributed by atoms with Gasteiger partial charge in [0, 0.05) is 44.0 Å². The third-order valence-electron chi connectivity index (χ3n) is 5.98. The van der Waals surface area contributed by atoms with E-state index in [0.717, 1.165) is 35.6 Å². The van der Waals surface area contributed by atoms with Gasteiger partial charge in [-0.3, -0.25) is 4.21 Å². The summed E-state index contributed by atoms with van der Waals surface area (Å²) in [5.74, 6) is 2.11. The molecule has 2 aromatic carbocycles. The fourth-order valence-corrected chi connectivity index (χ4v) is 5.64. The Kier molecular flexibility index (Phi) is 4.94. The highest BCUT2D eigenvalue weighted by molar-refractivity contribution is 7.85. The van der Waals surface area contributed by atoms with Crippen LogP contribution < -0.4 is 15.1 Å². The number of fused-ring (bicyclic) bond motifs is 2. The number of nitrogens with zero attached hydrogens (tertiary/aromatic N) is 5. The minimum atomic E-state index is -1.17. The molecule has 2 aliphatic heterocycles. The van der Waals surface area contributed by atoms with E-state index in [1.54, 1.807) is 12.1 Å². The first kappa shape index (κ1) is 20.1. The van der Waals surface area contributed by atoms with Crippen LogP contribution in [-0.2, 0) is 17.2 Å². The van der Waals surface area contributed by atoms with Crippen LogP contribution in [0.2, 0.25) is 0 Å². The Morgan fingerprint density at radius 1 is 1.00 bits per heavy atom. The molecule has 2 aliphatic rings. The van der Waals surface area contributed by atoms with Crippen molar-refractivity contribution >= 4 is 45.0 Å². The Labute approximate surface area is 191 Å². The molecule has 0 spiro atoms. The second-order valence-corrected chi connectivity index (χ2v) is 9.57. The monoisotopic (exact) mass is 464 g/mol. The van der Waals surface area contributed by atoms with E-state index in [-0.39, 0.29) is 5.82 Å². The van der Waals surface area contributed by atoms with Crippen LogP contribution in [0.25, 0.3) is 11.0 Å². The predicted molar refractivity (Wildman–Crippen MR) is 125 cm³/mol. The molecule has 1 atom stereocenters.